The van der Waals surface area contributed by atoms with Gasteiger partial charge in [0.05, 0.1) is 19.1 Å². The van der Waals surface area contributed by atoms with Crippen molar-refractivity contribution in [1.29, 1.82) is 0 Å². The van der Waals surface area contributed by atoms with Gasteiger partial charge in [-0.1, -0.05) is 6.07 Å². The minimum atomic E-state index is -0.185. The quantitative estimate of drug-likeness (QED) is 0.691. The number of anilines is 1. The van der Waals surface area contributed by atoms with Crippen molar-refractivity contribution >= 4 is 23.5 Å². The minimum Gasteiger partial charge on any atom is -0.466 e. The van der Waals surface area contributed by atoms with E-state index in [2.05, 4.69) is 5.32 Å². The highest BCUT2D eigenvalue weighted by atomic mass is 16.5. The monoisotopic (exact) mass is 389 g/mol. The van der Waals surface area contributed by atoms with Gasteiger partial charge in [-0.25, -0.2) is 0 Å². The van der Waals surface area contributed by atoms with Crippen molar-refractivity contribution < 1.29 is 19.1 Å². The summed E-state index contributed by atoms with van der Waals surface area (Å²) in [6.07, 6.45) is 1.66. The molecule has 1 atom stereocenters. The van der Waals surface area contributed by atoms with Crippen molar-refractivity contribution in [3.05, 3.63) is 29.8 Å². The first kappa shape index (κ1) is 21.9. The summed E-state index contributed by atoms with van der Waals surface area (Å²) in [6.45, 7) is 8.86. The Morgan fingerprint density at radius 3 is 2.64 bits per heavy atom. The first-order chi connectivity index (χ1) is 13.5. The molecule has 2 rings (SSSR count). The van der Waals surface area contributed by atoms with Crippen LogP contribution in [0.3, 0.4) is 0 Å². The topological polar surface area (TPSA) is 79.0 Å². The van der Waals surface area contributed by atoms with Crippen molar-refractivity contribution in [3.8, 4) is 0 Å². The number of benzene rings is 1. The van der Waals surface area contributed by atoms with Crippen LogP contribution in [0.2, 0.25) is 0 Å². The number of nitrogens with one attached hydrogen (secondary N) is 1. The van der Waals surface area contributed by atoms with E-state index in [4.69, 9.17) is 4.74 Å². The third-order valence-corrected chi connectivity index (χ3v) is 4.94. The van der Waals surface area contributed by atoms with Crippen LogP contribution < -0.4 is 5.32 Å². The van der Waals surface area contributed by atoms with Gasteiger partial charge in [0.2, 0.25) is 5.91 Å². The van der Waals surface area contributed by atoms with Crippen molar-refractivity contribution in [2.24, 2.45) is 5.92 Å². The number of amides is 2. The van der Waals surface area contributed by atoms with E-state index < -0.39 is 0 Å². The Bertz CT molecular complexity index is 688. The first-order valence-corrected chi connectivity index (χ1v) is 10.1. The number of likely N-dealkylation sites (tertiary alicyclic amines) is 1. The summed E-state index contributed by atoms with van der Waals surface area (Å²) in [5.74, 6) is -0.557. The zero-order chi connectivity index (χ0) is 20.5. The van der Waals surface area contributed by atoms with Crippen LogP contribution in [-0.2, 0) is 14.3 Å². The fourth-order valence-electron chi connectivity index (χ4n) is 3.48. The smallest absolute Gasteiger partial charge is 0.310 e. The second-order valence-electron chi connectivity index (χ2n) is 6.93. The average Bonchev–Trinajstić information content (AvgIpc) is 2.69. The highest BCUT2D eigenvalue weighted by Crippen LogP contribution is 2.18. The SMILES string of the molecule is CCOC(=O)[C@@H]1CCCN(CC(=O)Nc2cccc(C(=O)N(CC)CC)c2)C1. The summed E-state index contributed by atoms with van der Waals surface area (Å²) in [7, 11) is 0. The van der Waals surface area contributed by atoms with Crippen molar-refractivity contribution in [2.45, 2.75) is 33.6 Å². The van der Waals surface area contributed by atoms with Crippen LogP contribution in [0.1, 0.15) is 44.0 Å². The molecule has 2 amide bonds. The van der Waals surface area contributed by atoms with Crippen LogP contribution in [0.25, 0.3) is 0 Å². The maximum atomic E-state index is 12.5. The molecule has 0 radical (unpaired) electrons. The molecule has 1 aromatic rings. The van der Waals surface area contributed by atoms with Gasteiger partial charge in [0.1, 0.15) is 0 Å². The number of rotatable bonds is 8. The molecule has 0 aromatic heterocycles. The standard InChI is InChI=1S/C21H31N3O4/c1-4-24(5-2)20(26)16-9-7-11-18(13-16)22-19(25)15-23-12-8-10-17(14-23)21(27)28-6-3/h7,9,11,13,17H,4-6,8,10,12,14-15H2,1-3H3,(H,22,25)/t17-/m1/s1. The lowest BCUT2D eigenvalue weighted by Crippen LogP contribution is -2.43. The second kappa shape index (κ2) is 10.8. The van der Waals surface area contributed by atoms with Crippen LogP contribution in [0.4, 0.5) is 5.69 Å². The van der Waals surface area contributed by atoms with E-state index >= 15 is 0 Å². The number of ether oxygens (including phenoxy) is 1. The Hall–Kier alpha value is -2.41. The molecular formula is C21H31N3O4. The maximum absolute atomic E-state index is 12.5. The van der Waals surface area contributed by atoms with E-state index in [1.54, 1.807) is 36.1 Å². The average molecular weight is 389 g/mol. The predicted octanol–water partition coefficient (Wildman–Crippen LogP) is 2.38. The Labute approximate surface area is 167 Å². The second-order valence-corrected chi connectivity index (χ2v) is 6.93. The molecule has 0 spiro atoms. The highest BCUT2D eigenvalue weighted by Gasteiger charge is 2.27. The number of carbonyl (C=O) groups is 3. The predicted molar refractivity (Wildman–Crippen MR) is 108 cm³/mol. The van der Waals surface area contributed by atoms with Crippen molar-refractivity contribution in [2.75, 3.05) is 44.6 Å². The van der Waals surface area contributed by atoms with Crippen LogP contribution >= 0.6 is 0 Å². The molecule has 7 nitrogen and oxygen atoms in total. The zero-order valence-corrected chi connectivity index (χ0v) is 17.1. The van der Waals surface area contributed by atoms with E-state index in [9.17, 15) is 14.4 Å². The van der Waals surface area contributed by atoms with E-state index in [1.807, 2.05) is 18.7 Å². The zero-order valence-electron chi connectivity index (χ0n) is 17.1. The fourth-order valence-corrected chi connectivity index (χ4v) is 3.48. The molecule has 1 aromatic carbocycles. The normalized spacial score (nSPS) is 17.0. The summed E-state index contributed by atoms with van der Waals surface area (Å²) >= 11 is 0. The van der Waals surface area contributed by atoms with E-state index in [0.717, 1.165) is 19.4 Å². The molecule has 1 N–H and O–H groups in total. The molecule has 1 heterocycles. The van der Waals surface area contributed by atoms with Crippen LogP contribution in [0, 0.1) is 5.92 Å². The molecule has 0 unspecified atom stereocenters. The van der Waals surface area contributed by atoms with Gasteiger partial charge in [0.25, 0.3) is 5.91 Å². The third kappa shape index (κ3) is 6.05. The van der Waals surface area contributed by atoms with Crippen LogP contribution in [0.15, 0.2) is 24.3 Å². The molecule has 1 fully saturated rings. The summed E-state index contributed by atoms with van der Waals surface area (Å²) in [4.78, 5) is 40.6. The number of hydrogen-bond acceptors (Lipinski definition) is 5. The Kier molecular flexibility index (Phi) is 8.44. The van der Waals surface area contributed by atoms with Gasteiger partial charge >= 0.3 is 5.97 Å². The van der Waals surface area contributed by atoms with Gasteiger partial charge in [-0.3, -0.25) is 19.3 Å². The summed E-state index contributed by atoms with van der Waals surface area (Å²) in [5, 5.41) is 2.86. The van der Waals surface area contributed by atoms with E-state index in [-0.39, 0.29) is 30.2 Å². The van der Waals surface area contributed by atoms with Gasteiger partial charge < -0.3 is 15.0 Å². The number of esters is 1. The van der Waals surface area contributed by atoms with E-state index in [1.165, 1.54) is 0 Å². The molecule has 0 aliphatic carbocycles. The lowest BCUT2D eigenvalue weighted by Gasteiger charge is -2.30. The molecule has 0 bridgehead atoms. The van der Waals surface area contributed by atoms with Crippen LogP contribution in [0.5, 0.6) is 0 Å². The fraction of sp³-hybridized carbons (Fsp3) is 0.571. The molecule has 154 valence electrons. The van der Waals surface area contributed by atoms with Gasteiger partial charge in [-0.2, -0.15) is 0 Å². The van der Waals surface area contributed by atoms with Gasteiger partial charge in [-0.15, -0.1) is 0 Å². The van der Waals surface area contributed by atoms with Crippen molar-refractivity contribution in [1.82, 2.24) is 9.80 Å². The lowest BCUT2D eigenvalue weighted by molar-refractivity contribution is -0.150. The molecule has 1 aliphatic rings. The highest BCUT2D eigenvalue weighted by molar-refractivity contribution is 5.97. The number of carbonyl (C=O) groups excluding carboxylic acids is 3. The number of piperidine rings is 1. The minimum absolute atomic E-state index is 0.0468. The molecule has 1 aliphatic heterocycles. The maximum Gasteiger partial charge on any atom is 0.310 e. The summed E-state index contributed by atoms with van der Waals surface area (Å²) in [6, 6.07) is 7.00. The number of hydrogen-bond donors (Lipinski definition) is 1. The van der Waals surface area contributed by atoms with Gasteiger partial charge in [0.15, 0.2) is 0 Å². The molecule has 28 heavy (non-hydrogen) atoms. The van der Waals surface area contributed by atoms with Gasteiger partial charge in [-0.05, 0) is 58.4 Å². The third-order valence-electron chi connectivity index (χ3n) is 4.94. The molecule has 0 saturated carbocycles. The Balaban J connectivity index is 1.93. The number of nitrogens with zero attached hydrogens (tertiary/aromatic N) is 2. The molecule has 1 saturated heterocycles. The summed E-state index contributed by atoms with van der Waals surface area (Å²) < 4.78 is 5.10. The van der Waals surface area contributed by atoms with E-state index in [0.29, 0.717) is 37.5 Å². The van der Waals surface area contributed by atoms with Crippen molar-refractivity contribution in [3.63, 3.8) is 0 Å². The molecule has 7 heteroatoms. The van der Waals surface area contributed by atoms with Crippen LogP contribution in [-0.4, -0.2) is 66.9 Å². The Morgan fingerprint density at radius 2 is 1.96 bits per heavy atom. The summed E-state index contributed by atoms with van der Waals surface area (Å²) in [5.41, 5.74) is 1.16. The first-order valence-electron chi connectivity index (χ1n) is 10.1. The lowest BCUT2D eigenvalue weighted by atomic mass is 9.98. The Morgan fingerprint density at radius 1 is 1.21 bits per heavy atom. The largest absolute Gasteiger partial charge is 0.466 e. The molecular weight excluding hydrogens is 358 g/mol. The van der Waals surface area contributed by atoms with Gasteiger partial charge in [0, 0.05) is 30.9 Å².